The Kier molecular flexibility index (Phi) is 5.54. The third kappa shape index (κ3) is 4.73. The molecular formula is C19H27N5O2S. The molecule has 0 spiro atoms. The highest BCUT2D eigenvalue weighted by molar-refractivity contribution is 7.89. The second-order valence-electron chi connectivity index (χ2n) is 7.86. The molecule has 146 valence electrons. The highest BCUT2D eigenvalue weighted by atomic mass is 32.2. The molecule has 1 N–H and O–H groups in total. The Morgan fingerprint density at radius 3 is 2.59 bits per heavy atom. The van der Waals surface area contributed by atoms with Gasteiger partial charge < -0.3 is 0 Å². The highest BCUT2D eigenvalue weighted by Crippen LogP contribution is 2.30. The van der Waals surface area contributed by atoms with Gasteiger partial charge in [-0.15, -0.1) is 0 Å². The molecule has 7 nitrogen and oxygen atoms in total. The zero-order valence-corrected chi connectivity index (χ0v) is 16.3. The predicted molar refractivity (Wildman–Crippen MR) is 103 cm³/mol. The second kappa shape index (κ2) is 8.06. The fourth-order valence-electron chi connectivity index (χ4n) is 4.38. The van der Waals surface area contributed by atoms with Crippen molar-refractivity contribution in [1.82, 2.24) is 24.5 Å². The molecule has 0 aromatic carbocycles. The largest absolute Gasteiger partial charge is 0.269 e. The molecule has 0 bridgehead atoms. The van der Waals surface area contributed by atoms with Crippen LogP contribution in [0.3, 0.4) is 0 Å². The van der Waals surface area contributed by atoms with Crippen molar-refractivity contribution in [2.24, 2.45) is 5.92 Å². The normalized spacial score (nSPS) is 24.3. The van der Waals surface area contributed by atoms with Crippen molar-refractivity contribution >= 4 is 10.0 Å². The average molecular weight is 390 g/mol. The number of rotatable bonds is 6. The fourth-order valence-corrected chi connectivity index (χ4v) is 6.17. The Balaban J connectivity index is 1.31. The van der Waals surface area contributed by atoms with Gasteiger partial charge in [-0.05, 0) is 50.5 Å². The van der Waals surface area contributed by atoms with Gasteiger partial charge in [0.25, 0.3) is 0 Å². The maximum atomic E-state index is 12.4. The van der Waals surface area contributed by atoms with Crippen molar-refractivity contribution in [1.29, 1.82) is 0 Å². The van der Waals surface area contributed by atoms with Crippen LogP contribution in [0.5, 0.6) is 0 Å². The quantitative estimate of drug-likeness (QED) is 0.820. The minimum absolute atomic E-state index is 0.0598. The summed E-state index contributed by atoms with van der Waals surface area (Å²) < 4.78 is 29.8. The molecule has 2 aromatic heterocycles. The molecule has 2 aliphatic carbocycles. The molecule has 2 saturated carbocycles. The van der Waals surface area contributed by atoms with Gasteiger partial charge in [0.1, 0.15) is 6.33 Å². The Labute approximate surface area is 160 Å². The van der Waals surface area contributed by atoms with Crippen molar-refractivity contribution in [2.45, 2.75) is 63.5 Å². The van der Waals surface area contributed by atoms with Gasteiger partial charge in [-0.2, -0.15) is 5.10 Å². The van der Waals surface area contributed by atoms with E-state index in [0.717, 1.165) is 49.8 Å². The van der Waals surface area contributed by atoms with Gasteiger partial charge in [-0.3, -0.25) is 4.68 Å². The Morgan fingerprint density at radius 2 is 1.89 bits per heavy atom. The summed E-state index contributed by atoms with van der Waals surface area (Å²) in [6, 6.07) is 2.25. The maximum absolute atomic E-state index is 12.4. The third-order valence-corrected chi connectivity index (χ3v) is 7.43. The summed E-state index contributed by atoms with van der Waals surface area (Å²) in [6.07, 6.45) is 15.2. The molecule has 0 aliphatic heterocycles. The molecule has 0 radical (unpaired) electrons. The van der Waals surface area contributed by atoms with Crippen LogP contribution in [-0.4, -0.2) is 40.0 Å². The monoisotopic (exact) mass is 389 g/mol. The van der Waals surface area contributed by atoms with E-state index in [1.165, 1.54) is 19.2 Å². The van der Waals surface area contributed by atoms with E-state index in [9.17, 15) is 8.42 Å². The second-order valence-corrected chi connectivity index (χ2v) is 9.66. The van der Waals surface area contributed by atoms with E-state index in [1.807, 2.05) is 23.1 Å². The number of hydrogen-bond donors (Lipinski definition) is 1. The minimum Gasteiger partial charge on any atom is -0.269 e. The first-order valence-corrected chi connectivity index (χ1v) is 11.5. The van der Waals surface area contributed by atoms with E-state index in [4.69, 9.17) is 0 Å². The molecular weight excluding hydrogens is 362 g/mol. The molecule has 8 heteroatoms. The van der Waals surface area contributed by atoms with Crippen LogP contribution < -0.4 is 4.72 Å². The number of aromatic nitrogens is 4. The Morgan fingerprint density at radius 1 is 1.11 bits per heavy atom. The molecule has 2 heterocycles. The summed E-state index contributed by atoms with van der Waals surface area (Å²) in [6.45, 7) is 0. The van der Waals surface area contributed by atoms with Gasteiger partial charge in [0.2, 0.25) is 10.0 Å². The number of nitrogens with one attached hydrogen (secondary N) is 1. The lowest BCUT2D eigenvalue weighted by Crippen LogP contribution is -2.40. The van der Waals surface area contributed by atoms with Gasteiger partial charge >= 0.3 is 0 Å². The molecule has 2 aliphatic rings. The molecule has 27 heavy (non-hydrogen) atoms. The number of hydrogen-bond acceptors (Lipinski definition) is 5. The highest BCUT2D eigenvalue weighted by Gasteiger charge is 2.28. The predicted octanol–water partition coefficient (Wildman–Crippen LogP) is 2.93. The molecule has 2 fully saturated rings. The van der Waals surface area contributed by atoms with Gasteiger partial charge in [0.05, 0.1) is 23.7 Å². The lowest BCUT2D eigenvalue weighted by atomic mass is 9.92. The number of nitrogens with zero attached hydrogens (tertiary/aromatic N) is 4. The minimum atomic E-state index is -3.17. The standard InChI is InChI=1S/C19H27N5O2S/c25-27(26,13-15-3-1-2-4-15)23-17-5-7-18(8-6-17)24-12-16(11-22-24)19-9-10-20-14-21-19/h9-12,14-15,17-18,23H,1-8,13H2. The molecule has 4 rings (SSSR count). The topological polar surface area (TPSA) is 89.8 Å². The van der Waals surface area contributed by atoms with Crippen molar-refractivity contribution in [3.63, 3.8) is 0 Å². The van der Waals surface area contributed by atoms with Gasteiger partial charge in [0, 0.05) is 24.0 Å². The molecule has 0 unspecified atom stereocenters. The molecule has 0 atom stereocenters. The van der Waals surface area contributed by atoms with Crippen molar-refractivity contribution in [3.05, 3.63) is 31.0 Å². The van der Waals surface area contributed by atoms with E-state index in [0.29, 0.717) is 17.7 Å². The van der Waals surface area contributed by atoms with Crippen LogP contribution >= 0.6 is 0 Å². The SMILES string of the molecule is O=S(=O)(CC1CCCC1)NC1CCC(n2cc(-c3ccncn3)cn2)CC1. The maximum Gasteiger partial charge on any atom is 0.212 e. The summed E-state index contributed by atoms with van der Waals surface area (Å²) in [5.74, 6) is 0.650. The lowest BCUT2D eigenvalue weighted by Gasteiger charge is -2.29. The van der Waals surface area contributed by atoms with E-state index >= 15 is 0 Å². The van der Waals surface area contributed by atoms with Crippen LogP contribution in [0.4, 0.5) is 0 Å². The molecule has 0 saturated heterocycles. The van der Waals surface area contributed by atoms with Crippen molar-refractivity contribution < 1.29 is 8.42 Å². The lowest BCUT2D eigenvalue weighted by molar-refractivity contribution is 0.293. The molecule has 2 aromatic rings. The van der Waals surface area contributed by atoms with Crippen LogP contribution in [0.1, 0.15) is 57.4 Å². The van der Waals surface area contributed by atoms with Crippen LogP contribution in [0, 0.1) is 5.92 Å². The van der Waals surface area contributed by atoms with E-state index in [2.05, 4.69) is 19.8 Å². The van der Waals surface area contributed by atoms with E-state index in [-0.39, 0.29) is 6.04 Å². The Hall–Kier alpha value is -1.80. The smallest absolute Gasteiger partial charge is 0.212 e. The van der Waals surface area contributed by atoms with Crippen LogP contribution in [0.15, 0.2) is 31.0 Å². The van der Waals surface area contributed by atoms with E-state index in [1.54, 1.807) is 6.20 Å². The van der Waals surface area contributed by atoms with Crippen LogP contribution in [-0.2, 0) is 10.0 Å². The summed E-state index contributed by atoms with van der Waals surface area (Å²) >= 11 is 0. The third-order valence-electron chi connectivity index (χ3n) is 5.83. The van der Waals surface area contributed by atoms with Crippen LogP contribution in [0.2, 0.25) is 0 Å². The zero-order valence-electron chi connectivity index (χ0n) is 15.5. The first kappa shape index (κ1) is 18.6. The average Bonchev–Trinajstić information content (AvgIpc) is 3.34. The fraction of sp³-hybridized carbons (Fsp3) is 0.632. The summed E-state index contributed by atoms with van der Waals surface area (Å²) in [5, 5.41) is 4.50. The van der Waals surface area contributed by atoms with Gasteiger partial charge in [-0.1, -0.05) is 12.8 Å². The van der Waals surface area contributed by atoms with Gasteiger partial charge in [-0.25, -0.2) is 23.1 Å². The Bertz CT molecular complexity index is 838. The van der Waals surface area contributed by atoms with Crippen LogP contribution in [0.25, 0.3) is 11.3 Å². The van der Waals surface area contributed by atoms with E-state index < -0.39 is 10.0 Å². The van der Waals surface area contributed by atoms with Gasteiger partial charge in [0.15, 0.2) is 0 Å². The zero-order chi connectivity index (χ0) is 18.7. The van der Waals surface area contributed by atoms with Crippen molar-refractivity contribution in [3.8, 4) is 11.3 Å². The first-order valence-electron chi connectivity index (χ1n) is 9.89. The summed E-state index contributed by atoms with van der Waals surface area (Å²) in [7, 11) is -3.17. The summed E-state index contributed by atoms with van der Waals surface area (Å²) in [4.78, 5) is 8.20. The number of sulfonamides is 1. The van der Waals surface area contributed by atoms with Crippen molar-refractivity contribution in [2.75, 3.05) is 5.75 Å². The first-order chi connectivity index (χ1) is 13.1. The molecule has 0 amide bonds. The summed E-state index contributed by atoms with van der Waals surface area (Å²) in [5.41, 5.74) is 1.85.